The van der Waals surface area contributed by atoms with Crippen LogP contribution in [0.4, 0.5) is 0 Å². The number of piperidine rings is 1. The van der Waals surface area contributed by atoms with Gasteiger partial charge in [0, 0.05) is 18.1 Å². The van der Waals surface area contributed by atoms with Gasteiger partial charge in [0.1, 0.15) is 5.75 Å². The van der Waals surface area contributed by atoms with E-state index in [9.17, 15) is 13.2 Å². The van der Waals surface area contributed by atoms with Crippen LogP contribution < -0.4 is 10.1 Å². The molecular formula is C22H26Cl2N2O4S. The van der Waals surface area contributed by atoms with E-state index in [2.05, 4.69) is 5.32 Å². The van der Waals surface area contributed by atoms with Gasteiger partial charge in [0.2, 0.25) is 15.9 Å². The Labute approximate surface area is 193 Å². The molecule has 0 aromatic heterocycles. The Morgan fingerprint density at radius 2 is 1.94 bits per heavy atom. The van der Waals surface area contributed by atoms with Crippen molar-refractivity contribution in [2.75, 3.05) is 19.7 Å². The predicted octanol–water partition coefficient (Wildman–Crippen LogP) is 4.67. The van der Waals surface area contributed by atoms with E-state index in [0.29, 0.717) is 36.8 Å². The van der Waals surface area contributed by atoms with Crippen LogP contribution >= 0.6 is 23.2 Å². The van der Waals surface area contributed by atoms with Gasteiger partial charge in [0.25, 0.3) is 0 Å². The molecule has 31 heavy (non-hydrogen) atoms. The molecule has 0 radical (unpaired) electrons. The second-order valence-electron chi connectivity index (χ2n) is 7.51. The van der Waals surface area contributed by atoms with Crippen molar-refractivity contribution in [3.63, 3.8) is 0 Å². The number of sulfonamides is 1. The molecule has 0 spiro atoms. The SMILES string of the molecule is CCOc1ccc(S(=O)(=O)N2CCC[C@H](C(=O)N[C@H](C)c3ccc(Cl)cc3)C2)cc1Cl. The number of halogens is 2. The first-order valence-electron chi connectivity index (χ1n) is 10.2. The first-order chi connectivity index (χ1) is 14.7. The second-order valence-corrected chi connectivity index (χ2v) is 10.3. The Morgan fingerprint density at radius 1 is 1.23 bits per heavy atom. The summed E-state index contributed by atoms with van der Waals surface area (Å²) in [7, 11) is -3.77. The van der Waals surface area contributed by atoms with Crippen molar-refractivity contribution in [1.29, 1.82) is 0 Å². The molecule has 1 aliphatic heterocycles. The molecule has 1 aliphatic rings. The maximum Gasteiger partial charge on any atom is 0.243 e. The van der Waals surface area contributed by atoms with Crippen LogP contribution in [0, 0.1) is 5.92 Å². The molecule has 1 amide bonds. The summed E-state index contributed by atoms with van der Waals surface area (Å²) in [6, 6.07) is 11.5. The van der Waals surface area contributed by atoms with Crippen molar-refractivity contribution in [2.45, 2.75) is 37.6 Å². The summed E-state index contributed by atoms with van der Waals surface area (Å²) in [5.74, 6) is -0.140. The molecule has 1 fully saturated rings. The zero-order valence-corrected chi connectivity index (χ0v) is 19.8. The lowest BCUT2D eigenvalue weighted by molar-refractivity contribution is -0.126. The van der Waals surface area contributed by atoms with E-state index < -0.39 is 15.9 Å². The van der Waals surface area contributed by atoms with Crippen LogP contribution in [0.2, 0.25) is 10.0 Å². The monoisotopic (exact) mass is 484 g/mol. The fraction of sp³-hybridized carbons (Fsp3) is 0.409. The summed E-state index contributed by atoms with van der Waals surface area (Å²) in [4.78, 5) is 12.9. The van der Waals surface area contributed by atoms with Gasteiger partial charge in [-0.05, 0) is 62.6 Å². The highest BCUT2D eigenvalue weighted by Gasteiger charge is 2.34. The Hall–Kier alpha value is -1.80. The van der Waals surface area contributed by atoms with E-state index in [-0.39, 0.29) is 28.4 Å². The first kappa shape index (κ1) is 23.9. The highest BCUT2D eigenvalue weighted by Crippen LogP contribution is 2.30. The molecule has 168 valence electrons. The van der Waals surface area contributed by atoms with Crippen LogP contribution in [0.3, 0.4) is 0 Å². The van der Waals surface area contributed by atoms with Gasteiger partial charge in [-0.15, -0.1) is 0 Å². The van der Waals surface area contributed by atoms with Gasteiger partial charge in [0.15, 0.2) is 0 Å². The van der Waals surface area contributed by atoms with Crippen molar-refractivity contribution in [3.05, 3.63) is 58.1 Å². The minimum absolute atomic E-state index is 0.0940. The molecule has 1 heterocycles. The van der Waals surface area contributed by atoms with E-state index in [1.54, 1.807) is 18.2 Å². The number of rotatable bonds is 7. The summed E-state index contributed by atoms with van der Waals surface area (Å²) in [6.45, 7) is 4.65. The zero-order valence-electron chi connectivity index (χ0n) is 17.5. The van der Waals surface area contributed by atoms with Crippen molar-refractivity contribution < 1.29 is 17.9 Å². The van der Waals surface area contributed by atoms with Crippen LogP contribution in [0.1, 0.15) is 38.3 Å². The largest absolute Gasteiger partial charge is 0.492 e. The Bertz CT molecular complexity index is 1030. The van der Waals surface area contributed by atoms with Gasteiger partial charge in [-0.2, -0.15) is 4.31 Å². The maximum absolute atomic E-state index is 13.1. The first-order valence-corrected chi connectivity index (χ1v) is 12.4. The molecule has 0 aliphatic carbocycles. The summed E-state index contributed by atoms with van der Waals surface area (Å²) < 4.78 is 33.0. The Morgan fingerprint density at radius 3 is 2.58 bits per heavy atom. The number of hydrogen-bond donors (Lipinski definition) is 1. The molecule has 0 unspecified atom stereocenters. The lowest BCUT2D eigenvalue weighted by Gasteiger charge is -2.32. The number of carbonyl (C=O) groups is 1. The molecule has 2 aromatic rings. The minimum atomic E-state index is -3.77. The minimum Gasteiger partial charge on any atom is -0.492 e. The highest BCUT2D eigenvalue weighted by atomic mass is 35.5. The number of carbonyl (C=O) groups excluding carboxylic acids is 1. The average molecular weight is 485 g/mol. The van der Waals surface area contributed by atoms with Crippen LogP contribution in [-0.4, -0.2) is 38.3 Å². The Kier molecular flexibility index (Phi) is 7.86. The number of hydrogen-bond acceptors (Lipinski definition) is 4. The number of nitrogens with one attached hydrogen (secondary N) is 1. The third-order valence-corrected chi connectivity index (χ3v) is 7.73. The number of benzene rings is 2. The van der Waals surface area contributed by atoms with Crippen molar-refractivity contribution in [3.8, 4) is 5.75 Å². The standard InChI is InChI=1S/C22H26Cl2N2O4S/c1-3-30-21-11-10-19(13-20(21)24)31(28,29)26-12-4-5-17(14-26)22(27)25-15(2)16-6-8-18(23)9-7-16/h6-11,13,15,17H,3-5,12,14H2,1-2H3,(H,25,27)/t15-,17+/m1/s1. The van der Waals surface area contributed by atoms with E-state index >= 15 is 0 Å². The van der Waals surface area contributed by atoms with Crippen LogP contribution in [0.15, 0.2) is 47.4 Å². The fourth-order valence-corrected chi connectivity index (χ4v) is 5.58. The van der Waals surface area contributed by atoms with Crippen LogP contribution in [0.25, 0.3) is 0 Å². The molecular weight excluding hydrogens is 459 g/mol. The van der Waals surface area contributed by atoms with E-state index in [0.717, 1.165) is 5.56 Å². The number of nitrogens with zero attached hydrogens (tertiary/aromatic N) is 1. The number of amides is 1. The molecule has 9 heteroatoms. The van der Waals surface area contributed by atoms with Gasteiger partial charge >= 0.3 is 0 Å². The molecule has 3 rings (SSSR count). The lowest BCUT2D eigenvalue weighted by atomic mass is 9.98. The summed E-state index contributed by atoms with van der Waals surface area (Å²) >= 11 is 12.1. The Balaban J connectivity index is 1.69. The van der Waals surface area contributed by atoms with E-state index in [1.165, 1.54) is 16.4 Å². The molecule has 1 N–H and O–H groups in total. The summed E-state index contributed by atoms with van der Waals surface area (Å²) in [6.07, 6.45) is 1.24. The van der Waals surface area contributed by atoms with Gasteiger partial charge in [-0.1, -0.05) is 35.3 Å². The molecule has 0 saturated carbocycles. The fourth-order valence-electron chi connectivity index (χ4n) is 3.60. The predicted molar refractivity (Wildman–Crippen MR) is 122 cm³/mol. The quantitative estimate of drug-likeness (QED) is 0.619. The van der Waals surface area contributed by atoms with Gasteiger partial charge < -0.3 is 10.1 Å². The smallest absolute Gasteiger partial charge is 0.243 e. The third-order valence-electron chi connectivity index (χ3n) is 5.32. The summed E-state index contributed by atoms with van der Waals surface area (Å²) in [5.41, 5.74) is 0.932. The third kappa shape index (κ3) is 5.71. The molecule has 6 nitrogen and oxygen atoms in total. The second kappa shape index (κ2) is 10.2. The average Bonchev–Trinajstić information content (AvgIpc) is 2.75. The molecule has 0 bridgehead atoms. The zero-order chi connectivity index (χ0) is 22.6. The van der Waals surface area contributed by atoms with Gasteiger partial charge in [-0.25, -0.2) is 8.42 Å². The van der Waals surface area contributed by atoms with Crippen molar-refractivity contribution >= 4 is 39.1 Å². The maximum atomic E-state index is 13.1. The molecule has 1 saturated heterocycles. The topological polar surface area (TPSA) is 75.7 Å². The van der Waals surface area contributed by atoms with Gasteiger partial charge in [-0.3, -0.25) is 4.79 Å². The van der Waals surface area contributed by atoms with Crippen molar-refractivity contribution in [2.24, 2.45) is 5.92 Å². The van der Waals surface area contributed by atoms with Crippen LogP contribution in [0.5, 0.6) is 5.75 Å². The normalized spacial score (nSPS) is 18.4. The highest BCUT2D eigenvalue weighted by molar-refractivity contribution is 7.89. The van der Waals surface area contributed by atoms with Crippen LogP contribution in [-0.2, 0) is 14.8 Å². The van der Waals surface area contributed by atoms with E-state index in [1.807, 2.05) is 26.0 Å². The lowest BCUT2D eigenvalue weighted by Crippen LogP contribution is -2.45. The summed E-state index contributed by atoms with van der Waals surface area (Å²) in [5, 5.41) is 3.86. The van der Waals surface area contributed by atoms with E-state index in [4.69, 9.17) is 27.9 Å². The van der Waals surface area contributed by atoms with Crippen molar-refractivity contribution in [1.82, 2.24) is 9.62 Å². The number of ether oxygens (including phenoxy) is 1. The van der Waals surface area contributed by atoms with Gasteiger partial charge in [0.05, 0.1) is 28.5 Å². The molecule has 2 atom stereocenters. The molecule has 2 aromatic carbocycles.